The molecule has 3 heteroatoms. The van der Waals surface area contributed by atoms with E-state index in [1.807, 2.05) is 13.8 Å². The number of nitrogens with one attached hydrogen (secondary N) is 1. The molecule has 15 heavy (non-hydrogen) atoms. The molecule has 86 valence electrons. The molecular formula is C12H21NO2. The second-order valence-corrected chi connectivity index (χ2v) is 3.78. The number of carbonyl (C=O) groups excluding carboxylic acids is 1. The van der Waals surface area contributed by atoms with Crippen LogP contribution < -0.4 is 5.32 Å². The molecule has 0 fully saturated rings. The summed E-state index contributed by atoms with van der Waals surface area (Å²) in [5, 5.41) is 3.34. The van der Waals surface area contributed by atoms with Crippen LogP contribution in [-0.4, -0.2) is 25.2 Å². The second kappa shape index (κ2) is 7.30. The van der Waals surface area contributed by atoms with Crippen molar-refractivity contribution in [1.82, 2.24) is 5.32 Å². The zero-order chi connectivity index (χ0) is 11.8. The van der Waals surface area contributed by atoms with Gasteiger partial charge in [0, 0.05) is 18.5 Å². The molecule has 0 amide bonds. The van der Waals surface area contributed by atoms with Crippen molar-refractivity contribution in [1.29, 1.82) is 0 Å². The van der Waals surface area contributed by atoms with Gasteiger partial charge in [-0.1, -0.05) is 13.8 Å². The quantitative estimate of drug-likeness (QED) is 0.535. The average molecular weight is 211 g/mol. The van der Waals surface area contributed by atoms with Crippen LogP contribution in [0.5, 0.6) is 0 Å². The molecule has 3 unspecified atom stereocenters. The lowest BCUT2D eigenvalue weighted by atomic mass is 10.0. The first kappa shape index (κ1) is 14.0. The summed E-state index contributed by atoms with van der Waals surface area (Å²) in [7, 11) is 1.41. The van der Waals surface area contributed by atoms with Crippen LogP contribution in [-0.2, 0) is 9.53 Å². The number of terminal acetylenes is 1. The predicted molar refractivity (Wildman–Crippen MR) is 61.3 cm³/mol. The third kappa shape index (κ3) is 4.85. The molecule has 3 nitrogen and oxygen atoms in total. The molecule has 0 aliphatic carbocycles. The fourth-order valence-corrected chi connectivity index (χ4v) is 1.37. The lowest BCUT2D eigenvalue weighted by Gasteiger charge is -2.24. The van der Waals surface area contributed by atoms with Gasteiger partial charge in [-0.05, 0) is 13.3 Å². The number of ether oxygens (including phenoxy) is 1. The van der Waals surface area contributed by atoms with Gasteiger partial charge in [-0.3, -0.25) is 4.79 Å². The van der Waals surface area contributed by atoms with Gasteiger partial charge in [0.15, 0.2) is 0 Å². The summed E-state index contributed by atoms with van der Waals surface area (Å²) in [6.45, 7) is 5.90. The summed E-state index contributed by atoms with van der Waals surface area (Å²) < 4.78 is 4.69. The number of esters is 1. The fourth-order valence-electron chi connectivity index (χ4n) is 1.37. The number of carbonyl (C=O) groups is 1. The molecule has 0 heterocycles. The Bertz CT molecular complexity index is 232. The van der Waals surface area contributed by atoms with Crippen molar-refractivity contribution in [3.8, 4) is 12.3 Å². The summed E-state index contributed by atoms with van der Waals surface area (Å²) in [6, 6.07) is 0.354. The summed E-state index contributed by atoms with van der Waals surface area (Å²) >= 11 is 0. The van der Waals surface area contributed by atoms with E-state index in [-0.39, 0.29) is 24.0 Å². The van der Waals surface area contributed by atoms with Gasteiger partial charge >= 0.3 is 5.97 Å². The zero-order valence-corrected chi connectivity index (χ0v) is 10.0. The molecule has 0 saturated carbocycles. The van der Waals surface area contributed by atoms with E-state index in [9.17, 15) is 4.79 Å². The Morgan fingerprint density at radius 3 is 2.53 bits per heavy atom. The van der Waals surface area contributed by atoms with Gasteiger partial charge in [0.05, 0.1) is 13.0 Å². The summed E-state index contributed by atoms with van der Waals surface area (Å²) in [5.41, 5.74) is 0. The van der Waals surface area contributed by atoms with Crippen molar-refractivity contribution in [3.05, 3.63) is 0 Å². The summed E-state index contributed by atoms with van der Waals surface area (Å²) in [5.74, 6) is 2.29. The molecular weight excluding hydrogens is 190 g/mol. The van der Waals surface area contributed by atoms with Gasteiger partial charge in [-0.15, -0.1) is 12.3 Å². The van der Waals surface area contributed by atoms with Crippen LogP contribution in [0.4, 0.5) is 0 Å². The molecule has 0 aliphatic rings. The molecule has 0 aromatic rings. The molecule has 0 radical (unpaired) electrons. The molecule has 1 N–H and O–H groups in total. The molecule has 0 rings (SSSR count). The highest BCUT2D eigenvalue weighted by Crippen LogP contribution is 2.07. The molecule has 0 aromatic heterocycles. The first-order chi connectivity index (χ1) is 7.06. The molecule has 0 aliphatic heterocycles. The van der Waals surface area contributed by atoms with E-state index < -0.39 is 0 Å². The Balaban J connectivity index is 4.15. The predicted octanol–water partition coefficient (Wildman–Crippen LogP) is 1.58. The molecule has 0 spiro atoms. The zero-order valence-electron chi connectivity index (χ0n) is 10.0. The SMILES string of the molecule is C#CCC(CC)NC(C)C(C)C(=O)OC. The third-order valence-corrected chi connectivity index (χ3v) is 2.68. The van der Waals surface area contributed by atoms with Crippen LogP contribution >= 0.6 is 0 Å². The minimum absolute atomic E-state index is 0.0794. The topological polar surface area (TPSA) is 38.3 Å². The van der Waals surface area contributed by atoms with Crippen molar-refractivity contribution in [3.63, 3.8) is 0 Å². The van der Waals surface area contributed by atoms with Crippen molar-refractivity contribution in [2.24, 2.45) is 5.92 Å². The molecule has 0 saturated heterocycles. The fraction of sp³-hybridized carbons (Fsp3) is 0.750. The van der Waals surface area contributed by atoms with Gasteiger partial charge in [0.25, 0.3) is 0 Å². The van der Waals surface area contributed by atoms with Crippen LogP contribution in [0, 0.1) is 18.3 Å². The van der Waals surface area contributed by atoms with E-state index in [1.165, 1.54) is 7.11 Å². The van der Waals surface area contributed by atoms with Crippen LogP contribution in [0.3, 0.4) is 0 Å². The Morgan fingerprint density at radius 1 is 1.53 bits per heavy atom. The van der Waals surface area contributed by atoms with E-state index >= 15 is 0 Å². The van der Waals surface area contributed by atoms with Crippen molar-refractivity contribution < 1.29 is 9.53 Å². The Morgan fingerprint density at radius 2 is 2.13 bits per heavy atom. The number of hydrogen-bond donors (Lipinski definition) is 1. The molecule has 0 bridgehead atoms. The van der Waals surface area contributed by atoms with E-state index in [0.717, 1.165) is 6.42 Å². The monoisotopic (exact) mass is 211 g/mol. The largest absolute Gasteiger partial charge is 0.469 e. The highest BCUT2D eigenvalue weighted by molar-refractivity contribution is 5.72. The van der Waals surface area contributed by atoms with E-state index in [1.54, 1.807) is 0 Å². The first-order valence-corrected chi connectivity index (χ1v) is 5.34. The van der Waals surface area contributed by atoms with Crippen molar-refractivity contribution in [2.45, 2.75) is 45.7 Å². The highest BCUT2D eigenvalue weighted by Gasteiger charge is 2.22. The highest BCUT2D eigenvalue weighted by atomic mass is 16.5. The number of rotatable bonds is 6. The first-order valence-electron chi connectivity index (χ1n) is 5.34. The smallest absolute Gasteiger partial charge is 0.309 e. The third-order valence-electron chi connectivity index (χ3n) is 2.68. The minimum atomic E-state index is -0.189. The standard InChI is InChI=1S/C12H21NO2/c1-6-8-11(7-2)13-10(4)9(3)12(14)15-5/h1,9-11,13H,7-8H2,2-5H3. The van der Waals surface area contributed by atoms with Crippen molar-refractivity contribution in [2.75, 3.05) is 7.11 Å². The van der Waals surface area contributed by atoms with Gasteiger partial charge in [-0.2, -0.15) is 0 Å². The Hall–Kier alpha value is -1.01. The maximum atomic E-state index is 11.3. The van der Waals surface area contributed by atoms with Gasteiger partial charge in [0.1, 0.15) is 0 Å². The van der Waals surface area contributed by atoms with Gasteiger partial charge < -0.3 is 10.1 Å². The minimum Gasteiger partial charge on any atom is -0.469 e. The second-order valence-electron chi connectivity index (χ2n) is 3.78. The van der Waals surface area contributed by atoms with Crippen LogP contribution in [0.15, 0.2) is 0 Å². The lowest BCUT2D eigenvalue weighted by molar-refractivity contribution is -0.145. The Labute approximate surface area is 92.6 Å². The van der Waals surface area contributed by atoms with E-state index in [0.29, 0.717) is 6.42 Å². The Kier molecular flexibility index (Phi) is 6.81. The maximum absolute atomic E-state index is 11.3. The summed E-state index contributed by atoms with van der Waals surface area (Å²) in [4.78, 5) is 11.3. The lowest BCUT2D eigenvalue weighted by Crippen LogP contribution is -2.42. The van der Waals surface area contributed by atoms with Gasteiger partial charge in [0.2, 0.25) is 0 Å². The average Bonchev–Trinajstić information content (AvgIpc) is 2.26. The van der Waals surface area contributed by atoms with Crippen LogP contribution in [0.2, 0.25) is 0 Å². The summed E-state index contributed by atoms with van der Waals surface area (Å²) in [6.07, 6.45) is 6.91. The van der Waals surface area contributed by atoms with Crippen LogP contribution in [0.25, 0.3) is 0 Å². The normalized spacial score (nSPS) is 16.2. The molecule has 3 atom stereocenters. The number of hydrogen-bond acceptors (Lipinski definition) is 3. The van der Waals surface area contributed by atoms with Crippen LogP contribution in [0.1, 0.15) is 33.6 Å². The van der Waals surface area contributed by atoms with Crippen molar-refractivity contribution >= 4 is 5.97 Å². The maximum Gasteiger partial charge on any atom is 0.309 e. The number of methoxy groups -OCH3 is 1. The van der Waals surface area contributed by atoms with E-state index in [4.69, 9.17) is 6.42 Å². The van der Waals surface area contributed by atoms with Gasteiger partial charge in [-0.25, -0.2) is 0 Å². The van der Waals surface area contributed by atoms with E-state index in [2.05, 4.69) is 22.9 Å². The molecule has 0 aromatic carbocycles.